The van der Waals surface area contributed by atoms with E-state index in [9.17, 15) is 52.7 Å². The van der Waals surface area contributed by atoms with Crippen LogP contribution in [-0.2, 0) is 78.2 Å². The van der Waals surface area contributed by atoms with Gasteiger partial charge in [-0.05, 0) is 101 Å². The zero-order valence-corrected chi connectivity index (χ0v) is 52.1. The molecule has 5 rings (SSSR count). The molecule has 4 aliphatic rings. The SMILES string of the molecule is CC[C@H](CCOC(=O)/C=C/C=C\C(=O)O)C(NC(=O)C(C)(C)C(C)C(=O)OCc1ccc(NC(=O)[C@H](CCCCNC(N)=O)NC(=O)C(NC(=O)CCCCCN2C(=O)C=CC2=O)C(C)C)cc1)C(=O)OC[C@]12CCC(C)=C[C@H]1OC1CCC2(C)COC1. The molecule has 9 atom stereocenters. The summed E-state index contributed by atoms with van der Waals surface area (Å²) in [6, 6.07) is 2.41. The zero-order chi connectivity index (χ0) is 64.8. The number of esters is 3. The maximum absolute atomic E-state index is 14.7. The van der Waals surface area contributed by atoms with Gasteiger partial charge in [0, 0.05) is 60.3 Å². The standard InChI is InChI=1S/C64H91N7O17/c1-9-44(29-34-85-53(77)20-13-12-19-52(75)76)55(59(81)87-39-64-31-27-41(4)35-48(64)88-46-28-30-63(64,8)38-84-37-46)70-60(82)62(6,7)42(5)58(80)86-36-43-21-23-45(24-22-43)67-56(78)47(17-14-15-32-66-61(65)83)68-57(79)54(40(2)3)69-49(72)18-11-10-16-33-71-50(73)25-26-51(71)74/h12-13,19-26,35,40,42,44,46-48,54-55H,9-11,14-18,27-34,36-39H2,1-8H3,(H,67,78)(H,68,79)(H,69,72)(H,70,82)(H,75,76)(H3,65,66,83)/b19-12-,20-13+/t42?,44-,46?,47+,48-,54?,55?,63?,64-/m1/s1. The number of aliphatic carboxylic acids is 1. The fourth-order valence-corrected chi connectivity index (χ4v) is 11.3. The van der Waals surface area contributed by atoms with Crippen LogP contribution < -0.4 is 32.3 Å². The van der Waals surface area contributed by atoms with E-state index in [1.165, 1.54) is 29.9 Å². The highest BCUT2D eigenvalue weighted by atomic mass is 16.6. The Labute approximate surface area is 515 Å². The molecule has 3 heterocycles. The van der Waals surface area contributed by atoms with Crippen molar-refractivity contribution in [3.8, 4) is 0 Å². The minimum Gasteiger partial charge on any atom is -0.478 e. The third-order valence-corrected chi connectivity index (χ3v) is 17.5. The smallest absolute Gasteiger partial charge is 0.330 e. The summed E-state index contributed by atoms with van der Waals surface area (Å²) < 4.78 is 30.3. The summed E-state index contributed by atoms with van der Waals surface area (Å²) in [6.07, 6.45) is 14.5. The number of carboxylic acid groups (broad SMARTS) is 1. The number of primary amides is 1. The molecule has 24 nitrogen and oxygen atoms in total. The topological polar surface area (TPSA) is 344 Å². The van der Waals surface area contributed by atoms with Crippen LogP contribution in [0.15, 0.2) is 72.4 Å². The summed E-state index contributed by atoms with van der Waals surface area (Å²) in [4.78, 5) is 143. The lowest BCUT2D eigenvalue weighted by Crippen LogP contribution is -2.57. The van der Waals surface area contributed by atoms with Crippen molar-refractivity contribution in [2.75, 3.05) is 44.8 Å². The van der Waals surface area contributed by atoms with Crippen LogP contribution in [0.4, 0.5) is 10.5 Å². The Morgan fingerprint density at radius 3 is 2.22 bits per heavy atom. The molecule has 88 heavy (non-hydrogen) atoms. The monoisotopic (exact) mass is 1230 g/mol. The van der Waals surface area contributed by atoms with Crippen LogP contribution in [0.2, 0.25) is 0 Å². The van der Waals surface area contributed by atoms with E-state index in [0.717, 1.165) is 36.3 Å². The highest BCUT2D eigenvalue weighted by Crippen LogP contribution is 2.56. The molecule has 1 aromatic rings. The second-order valence-corrected chi connectivity index (χ2v) is 24.5. The fraction of sp³-hybridized carbons (Fsp3) is 0.609. The Bertz CT molecular complexity index is 2780. The number of carbonyl (C=O) groups excluding carboxylic acids is 10. The number of unbranched alkanes of at least 4 members (excludes halogenated alkanes) is 3. The Morgan fingerprint density at radius 1 is 0.841 bits per heavy atom. The molecule has 0 aromatic heterocycles. The van der Waals surface area contributed by atoms with E-state index in [0.29, 0.717) is 69.4 Å². The van der Waals surface area contributed by atoms with Gasteiger partial charge in [0.2, 0.25) is 23.6 Å². The van der Waals surface area contributed by atoms with Crippen molar-refractivity contribution in [2.24, 2.45) is 39.7 Å². The number of fused-ring (bicyclic) bond motifs is 5. The number of nitrogens with zero attached hydrogens (tertiary/aromatic N) is 1. The Hall–Kier alpha value is -7.73. The molecule has 484 valence electrons. The Morgan fingerprint density at radius 2 is 1.55 bits per heavy atom. The van der Waals surface area contributed by atoms with E-state index in [4.69, 9.17) is 34.5 Å². The van der Waals surface area contributed by atoms with Crippen molar-refractivity contribution in [1.82, 2.24) is 26.2 Å². The molecule has 8 amide bonds. The summed E-state index contributed by atoms with van der Waals surface area (Å²) in [7, 11) is 0. The van der Waals surface area contributed by atoms with Crippen LogP contribution >= 0.6 is 0 Å². The van der Waals surface area contributed by atoms with Crippen molar-refractivity contribution in [1.29, 1.82) is 0 Å². The van der Waals surface area contributed by atoms with Crippen molar-refractivity contribution < 1.29 is 81.5 Å². The van der Waals surface area contributed by atoms with Gasteiger partial charge in [-0.2, -0.15) is 0 Å². The molecule has 0 spiro atoms. The molecule has 2 fully saturated rings. The van der Waals surface area contributed by atoms with E-state index in [1.807, 2.05) is 6.92 Å². The van der Waals surface area contributed by atoms with E-state index in [1.54, 1.807) is 58.9 Å². The van der Waals surface area contributed by atoms with Crippen LogP contribution in [-0.4, -0.2) is 145 Å². The maximum atomic E-state index is 14.7. The van der Waals surface area contributed by atoms with Crippen LogP contribution in [0, 0.1) is 34.0 Å². The molecule has 2 bridgehead atoms. The zero-order valence-electron chi connectivity index (χ0n) is 52.1. The third kappa shape index (κ3) is 20.4. The van der Waals surface area contributed by atoms with Gasteiger partial charge in [0.15, 0.2) is 0 Å². The summed E-state index contributed by atoms with van der Waals surface area (Å²) in [5.74, 6) is -8.30. The highest BCUT2D eigenvalue weighted by molar-refractivity contribution is 6.12. The third-order valence-electron chi connectivity index (χ3n) is 17.5. The van der Waals surface area contributed by atoms with Crippen molar-refractivity contribution >= 4 is 71.0 Å². The van der Waals surface area contributed by atoms with Gasteiger partial charge in [0.1, 0.15) is 31.3 Å². The van der Waals surface area contributed by atoms with Gasteiger partial charge < -0.3 is 61.1 Å². The number of anilines is 1. The number of urea groups is 1. The van der Waals surface area contributed by atoms with Crippen LogP contribution in [0.3, 0.4) is 0 Å². The number of imide groups is 1. The molecule has 0 saturated carbocycles. The number of nitrogens with one attached hydrogen (secondary N) is 5. The number of hydrogen-bond acceptors (Lipinski definition) is 16. The molecule has 2 saturated heterocycles. The van der Waals surface area contributed by atoms with E-state index < -0.39 is 93.8 Å². The van der Waals surface area contributed by atoms with Crippen molar-refractivity contribution in [2.45, 2.75) is 176 Å². The first-order chi connectivity index (χ1) is 41.7. The highest BCUT2D eigenvalue weighted by Gasteiger charge is 2.58. The van der Waals surface area contributed by atoms with Crippen molar-refractivity contribution in [3.63, 3.8) is 0 Å². The van der Waals surface area contributed by atoms with Gasteiger partial charge in [-0.25, -0.2) is 19.2 Å². The van der Waals surface area contributed by atoms with Gasteiger partial charge in [-0.3, -0.25) is 38.5 Å². The predicted octanol–water partition coefficient (Wildman–Crippen LogP) is 5.78. The Kier molecular flexibility index (Phi) is 27.1. The molecule has 1 aliphatic carbocycles. The molecule has 5 unspecified atom stereocenters. The number of benzene rings is 1. The molecule has 3 aliphatic heterocycles. The lowest BCUT2D eigenvalue weighted by Gasteiger charge is -2.52. The summed E-state index contributed by atoms with van der Waals surface area (Å²) in [5.41, 5.74) is 4.77. The maximum Gasteiger partial charge on any atom is 0.330 e. The van der Waals surface area contributed by atoms with Gasteiger partial charge >= 0.3 is 29.9 Å². The van der Waals surface area contributed by atoms with Gasteiger partial charge in [-0.15, -0.1) is 0 Å². The number of nitrogens with two attached hydrogens (primary N) is 1. The summed E-state index contributed by atoms with van der Waals surface area (Å²) >= 11 is 0. The van der Waals surface area contributed by atoms with Crippen LogP contribution in [0.1, 0.15) is 144 Å². The predicted molar refractivity (Wildman–Crippen MR) is 323 cm³/mol. The molecular formula is C64H91N7O17. The lowest BCUT2D eigenvalue weighted by atomic mass is 9.56. The number of rotatable bonds is 34. The number of allylic oxidation sites excluding steroid dienone is 3. The first-order valence-electron chi connectivity index (χ1n) is 30.6. The first kappa shape index (κ1) is 71.0. The average Bonchev–Trinajstić information content (AvgIpc) is 1.37. The molecule has 0 radical (unpaired) electrons. The first-order valence-corrected chi connectivity index (χ1v) is 30.6. The number of ether oxygens (including phenoxy) is 5. The van der Waals surface area contributed by atoms with Gasteiger partial charge in [0.25, 0.3) is 11.8 Å². The van der Waals surface area contributed by atoms with E-state index in [-0.39, 0.29) is 88.0 Å². The summed E-state index contributed by atoms with van der Waals surface area (Å²) in [6.45, 7) is 15.2. The number of hydrogen-bond donors (Lipinski definition) is 7. The second kappa shape index (κ2) is 33.6. The fourth-order valence-electron chi connectivity index (χ4n) is 11.3. The Balaban J connectivity index is 1.21. The number of carbonyl (C=O) groups is 11. The minimum atomic E-state index is -1.46. The number of carboxylic acids is 1. The molecule has 24 heteroatoms. The van der Waals surface area contributed by atoms with Crippen LogP contribution in [0.25, 0.3) is 0 Å². The largest absolute Gasteiger partial charge is 0.478 e. The molecular weight excluding hydrogens is 1140 g/mol. The quantitative estimate of drug-likeness (QED) is 0.00818. The van der Waals surface area contributed by atoms with Crippen molar-refractivity contribution in [3.05, 3.63) is 77.9 Å². The minimum absolute atomic E-state index is 0.0162. The lowest BCUT2D eigenvalue weighted by molar-refractivity contribution is -0.188. The van der Waals surface area contributed by atoms with E-state index >= 15 is 0 Å². The van der Waals surface area contributed by atoms with Crippen LogP contribution in [0.5, 0.6) is 0 Å². The molecule has 1 aromatic carbocycles. The average molecular weight is 1230 g/mol. The van der Waals surface area contributed by atoms with Gasteiger partial charge in [0.05, 0.1) is 43.4 Å². The summed E-state index contributed by atoms with van der Waals surface area (Å²) in [5, 5.41) is 22.7. The number of amides is 8. The second-order valence-electron chi connectivity index (χ2n) is 24.5. The normalized spacial score (nSPS) is 21.6. The van der Waals surface area contributed by atoms with Gasteiger partial charge in [-0.1, -0.05) is 97.2 Å². The molecule has 8 N–H and O–H groups in total. The van der Waals surface area contributed by atoms with E-state index in [2.05, 4.69) is 46.5 Å².